The van der Waals surface area contributed by atoms with Gasteiger partial charge in [0.2, 0.25) is 0 Å². The molecule has 0 spiro atoms. The second-order valence-electron chi connectivity index (χ2n) is 4.30. The number of halogens is 4. The lowest BCUT2D eigenvalue weighted by molar-refractivity contribution is 0.0392. The van der Waals surface area contributed by atoms with Crippen LogP contribution >= 0.6 is 0 Å². The van der Waals surface area contributed by atoms with Gasteiger partial charge in [0, 0.05) is 5.56 Å². The Labute approximate surface area is 122 Å². The minimum atomic E-state index is -2.15. The van der Waals surface area contributed by atoms with Crippen LogP contribution in [0.25, 0.3) is 0 Å². The van der Waals surface area contributed by atoms with Crippen molar-refractivity contribution in [2.24, 2.45) is 0 Å². The third-order valence-corrected chi connectivity index (χ3v) is 2.90. The Bertz CT molecular complexity index is 728. The maximum absolute atomic E-state index is 13.6. The molecule has 0 N–H and O–H groups in total. The minimum Gasteiger partial charge on any atom is -0.386 e. The predicted octanol–water partition coefficient (Wildman–Crippen LogP) is 3.55. The first-order valence-corrected chi connectivity index (χ1v) is 5.98. The summed E-state index contributed by atoms with van der Waals surface area (Å²) < 4.78 is 57.5. The van der Waals surface area contributed by atoms with Gasteiger partial charge in [-0.2, -0.15) is 0 Å². The molecule has 2 rings (SSSR count). The summed E-state index contributed by atoms with van der Waals surface area (Å²) in [5, 5.41) is 0. The van der Waals surface area contributed by atoms with Gasteiger partial charge < -0.3 is 4.74 Å². The molecule has 0 aliphatic carbocycles. The van der Waals surface area contributed by atoms with E-state index in [1.54, 1.807) is 6.07 Å². The molecule has 0 radical (unpaired) electrons. The maximum Gasteiger partial charge on any atom is 0.349 e. The lowest BCUT2D eigenvalue weighted by Gasteiger charge is -2.09. The Kier molecular flexibility index (Phi) is 4.25. The van der Waals surface area contributed by atoms with Crippen LogP contribution < -0.4 is 0 Å². The number of esters is 2. The van der Waals surface area contributed by atoms with Crippen molar-refractivity contribution in [3.63, 3.8) is 0 Å². The Morgan fingerprint density at radius 3 is 1.95 bits per heavy atom. The van der Waals surface area contributed by atoms with E-state index in [4.69, 9.17) is 0 Å². The number of rotatable bonds is 2. The molecule has 0 aliphatic heterocycles. The van der Waals surface area contributed by atoms with Crippen LogP contribution in [0.15, 0.2) is 30.3 Å². The molecule has 114 valence electrons. The highest BCUT2D eigenvalue weighted by molar-refractivity contribution is 6.03. The molecule has 0 fully saturated rings. The van der Waals surface area contributed by atoms with Crippen molar-refractivity contribution < 1.29 is 31.9 Å². The van der Waals surface area contributed by atoms with Crippen molar-refractivity contribution in [3.05, 3.63) is 70.3 Å². The van der Waals surface area contributed by atoms with Gasteiger partial charge in [-0.15, -0.1) is 0 Å². The fourth-order valence-electron chi connectivity index (χ4n) is 1.75. The van der Waals surface area contributed by atoms with E-state index in [0.717, 1.165) is 6.92 Å². The van der Waals surface area contributed by atoms with Crippen LogP contribution in [0.2, 0.25) is 0 Å². The Hall–Kier alpha value is -2.70. The molecule has 0 heterocycles. The van der Waals surface area contributed by atoms with E-state index < -0.39 is 46.3 Å². The van der Waals surface area contributed by atoms with Crippen molar-refractivity contribution in [1.82, 2.24) is 0 Å². The Balaban J connectivity index is 2.37. The first-order chi connectivity index (χ1) is 10.3. The molecule has 7 heteroatoms. The van der Waals surface area contributed by atoms with Crippen molar-refractivity contribution in [2.75, 3.05) is 0 Å². The van der Waals surface area contributed by atoms with Gasteiger partial charge in [0.1, 0.15) is 5.56 Å². The van der Waals surface area contributed by atoms with Crippen LogP contribution in [0.1, 0.15) is 26.3 Å². The molecular formula is C15H8F4O3. The number of carbonyl (C=O) groups excluding carboxylic acids is 2. The van der Waals surface area contributed by atoms with Crippen molar-refractivity contribution in [2.45, 2.75) is 6.92 Å². The zero-order valence-corrected chi connectivity index (χ0v) is 11.1. The number of hydrogen-bond acceptors (Lipinski definition) is 3. The van der Waals surface area contributed by atoms with E-state index in [2.05, 4.69) is 4.74 Å². The van der Waals surface area contributed by atoms with Crippen LogP contribution in [-0.2, 0) is 4.74 Å². The van der Waals surface area contributed by atoms with Gasteiger partial charge in [0.05, 0.1) is 5.56 Å². The van der Waals surface area contributed by atoms with E-state index in [1.807, 2.05) is 0 Å². The number of hydrogen-bond donors (Lipinski definition) is 0. The van der Waals surface area contributed by atoms with E-state index in [0.29, 0.717) is 0 Å². The maximum atomic E-state index is 13.6. The monoisotopic (exact) mass is 312 g/mol. The summed E-state index contributed by atoms with van der Waals surface area (Å²) in [6.45, 7) is 0.866. The first-order valence-electron chi connectivity index (χ1n) is 5.98. The predicted molar refractivity (Wildman–Crippen MR) is 67.2 cm³/mol. The van der Waals surface area contributed by atoms with Crippen molar-refractivity contribution >= 4 is 11.9 Å². The summed E-state index contributed by atoms with van der Waals surface area (Å²) in [5.74, 6) is -10.6. The molecule has 2 aromatic rings. The van der Waals surface area contributed by atoms with E-state index in [1.165, 1.54) is 24.3 Å². The Morgan fingerprint density at radius 1 is 0.818 bits per heavy atom. The standard InChI is InChI=1S/C15H8F4O3/c1-7-9(11(17)13(19)12(18)10(7)16)15(21)22-14(20)8-5-3-2-4-6-8/h2-6H,1H3. The van der Waals surface area contributed by atoms with Crippen LogP contribution in [0, 0.1) is 30.2 Å². The summed E-state index contributed by atoms with van der Waals surface area (Å²) in [6, 6.07) is 7.23. The quantitative estimate of drug-likeness (QED) is 0.280. The number of benzene rings is 2. The largest absolute Gasteiger partial charge is 0.386 e. The molecule has 0 unspecified atom stereocenters. The van der Waals surface area contributed by atoms with Gasteiger partial charge in [-0.3, -0.25) is 0 Å². The van der Waals surface area contributed by atoms with Crippen molar-refractivity contribution in [3.8, 4) is 0 Å². The van der Waals surface area contributed by atoms with E-state index in [9.17, 15) is 27.2 Å². The summed E-state index contributed by atoms with van der Waals surface area (Å²) in [4.78, 5) is 23.4. The number of ether oxygens (including phenoxy) is 1. The van der Waals surface area contributed by atoms with Crippen LogP contribution in [0.4, 0.5) is 17.6 Å². The second kappa shape index (κ2) is 5.97. The first kappa shape index (κ1) is 15.7. The van der Waals surface area contributed by atoms with Crippen molar-refractivity contribution in [1.29, 1.82) is 0 Å². The summed E-state index contributed by atoms with van der Waals surface area (Å²) >= 11 is 0. The molecule has 0 atom stereocenters. The van der Waals surface area contributed by atoms with E-state index >= 15 is 0 Å². The van der Waals surface area contributed by atoms with Crippen LogP contribution in [0.3, 0.4) is 0 Å². The third-order valence-electron chi connectivity index (χ3n) is 2.90. The average Bonchev–Trinajstić information content (AvgIpc) is 2.52. The van der Waals surface area contributed by atoms with Crippen LogP contribution in [0.5, 0.6) is 0 Å². The molecule has 0 amide bonds. The van der Waals surface area contributed by atoms with Gasteiger partial charge in [0.15, 0.2) is 23.3 Å². The zero-order chi connectivity index (χ0) is 16.4. The van der Waals surface area contributed by atoms with Crippen LogP contribution in [-0.4, -0.2) is 11.9 Å². The van der Waals surface area contributed by atoms with E-state index in [-0.39, 0.29) is 5.56 Å². The summed E-state index contributed by atoms with van der Waals surface area (Å²) in [5.41, 5.74) is -1.97. The Morgan fingerprint density at radius 2 is 1.36 bits per heavy atom. The lowest BCUT2D eigenvalue weighted by atomic mass is 10.1. The SMILES string of the molecule is Cc1c(F)c(F)c(F)c(F)c1C(=O)OC(=O)c1ccccc1. The fraction of sp³-hybridized carbons (Fsp3) is 0.0667. The highest BCUT2D eigenvalue weighted by Crippen LogP contribution is 2.24. The molecule has 0 aliphatic rings. The third kappa shape index (κ3) is 2.69. The molecule has 3 nitrogen and oxygen atoms in total. The average molecular weight is 312 g/mol. The molecule has 0 saturated heterocycles. The molecule has 2 aromatic carbocycles. The normalized spacial score (nSPS) is 10.4. The highest BCUT2D eigenvalue weighted by atomic mass is 19.2. The highest BCUT2D eigenvalue weighted by Gasteiger charge is 2.29. The molecular weight excluding hydrogens is 304 g/mol. The van der Waals surface area contributed by atoms with Gasteiger partial charge in [0.25, 0.3) is 0 Å². The second-order valence-corrected chi connectivity index (χ2v) is 4.30. The topological polar surface area (TPSA) is 43.4 Å². The lowest BCUT2D eigenvalue weighted by Crippen LogP contribution is -2.18. The minimum absolute atomic E-state index is 0.0167. The zero-order valence-electron chi connectivity index (χ0n) is 11.1. The fourth-order valence-corrected chi connectivity index (χ4v) is 1.75. The molecule has 22 heavy (non-hydrogen) atoms. The van der Waals surface area contributed by atoms with Gasteiger partial charge in [-0.25, -0.2) is 27.2 Å². The molecule has 0 aromatic heterocycles. The number of carbonyl (C=O) groups is 2. The summed E-state index contributed by atoms with van der Waals surface area (Å²) in [7, 11) is 0. The molecule has 0 bridgehead atoms. The molecule has 0 saturated carbocycles. The smallest absolute Gasteiger partial charge is 0.349 e. The summed E-state index contributed by atoms with van der Waals surface area (Å²) in [6.07, 6.45) is 0. The van der Waals surface area contributed by atoms with Gasteiger partial charge >= 0.3 is 11.9 Å². The van der Waals surface area contributed by atoms with Gasteiger partial charge in [-0.05, 0) is 19.1 Å². The van der Waals surface area contributed by atoms with Gasteiger partial charge in [-0.1, -0.05) is 18.2 Å².